The van der Waals surface area contributed by atoms with Crippen LogP contribution in [-0.2, 0) is 13.1 Å². The molecule has 4 rings (SSSR count). The molecule has 6 heteroatoms. The van der Waals surface area contributed by atoms with Gasteiger partial charge in [0.15, 0.2) is 0 Å². The summed E-state index contributed by atoms with van der Waals surface area (Å²) in [5.41, 5.74) is 3.49. The van der Waals surface area contributed by atoms with Gasteiger partial charge in [-0.3, -0.25) is 9.78 Å². The fourth-order valence-electron chi connectivity index (χ4n) is 3.38. The topological polar surface area (TPSA) is 69.0 Å². The molecule has 0 spiro atoms. The summed E-state index contributed by atoms with van der Waals surface area (Å²) >= 11 is 0. The first kappa shape index (κ1) is 19.6. The second-order valence-electron chi connectivity index (χ2n) is 7.03. The summed E-state index contributed by atoms with van der Waals surface area (Å²) in [6, 6.07) is 21.3. The zero-order valence-corrected chi connectivity index (χ0v) is 16.9. The number of para-hydroxylation sites is 3. The molecule has 2 aromatic heterocycles. The van der Waals surface area contributed by atoms with E-state index in [0.717, 1.165) is 41.1 Å². The number of benzene rings is 2. The number of ether oxygens (including phenoxy) is 1. The maximum Gasteiger partial charge on any atom is 0.270 e. The van der Waals surface area contributed by atoms with Crippen molar-refractivity contribution in [2.24, 2.45) is 0 Å². The average molecular weight is 400 g/mol. The zero-order valence-electron chi connectivity index (χ0n) is 16.9. The van der Waals surface area contributed by atoms with E-state index in [1.807, 2.05) is 49.4 Å². The smallest absolute Gasteiger partial charge is 0.270 e. The van der Waals surface area contributed by atoms with E-state index in [0.29, 0.717) is 18.8 Å². The number of amides is 1. The third-order valence-corrected chi connectivity index (χ3v) is 4.92. The van der Waals surface area contributed by atoms with Gasteiger partial charge in [0.05, 0.1) is 24.2 Å². The molecule has 1 amide bonds. The number of pyridine rings is 1. The van der Waals surface area contributed by atoms with Crippen molar-refractivity contribution < 1.29 is 9.53 Å². The summed E-state index contributed by atoms with van der Waals surface area (Å²) < 4.78 is 8.08. The van der Waals surface area contributed by atoms with Gasteiger partial charge < -0.3 is 14.6 Å². The van der Waals surface area contributed by atoms with Crippen molar-refractivity contribution in [2.45, 2.75) is 26.4 Å². The van der Waals surface area contributed by atoms with Gasteiger partial charge in [-0.25, -0.2) is 4.98 Å². The minimum Gasteiger partial charge on any atom is -0.493 e. The Hall–Kier alpha value is -3.67. The molecular formula is C24H24N4O2. The number of carbonyl (C=O) groups is 1. The third kappa shape index (κ3) is 4.49. The molecule has 0 saturated carbocycles. The fourth-order valence-corrected chi connectivity index (χ4v) is 3.38. The van der Waals surface area contributed by atoms with Crippen LogP contribution in [0.4, 0.5) is 0 Å². The number of imidazole rings is 1. The summed E-state index contributed by atoms with van der Waals surface area (Å²) in [6.07, 6.45) is 2.44. The summed E-state index contributed by atoms with van der Waals surface area (Å²) in [5, 5.41) is 2.92. The average Bonchev–Trinajstić information content (AvgIpc) is 3.14. The van der Waals surface area contributed by atoms with E-state index in [1.165, 1.54) is 0 Å². The summed E-state index contributed by atoms with van der Waals surface area (Å²) in [4.78, 5) is 21.2. The number of hydrogen-bond acceptors (Lipinski definition) is 4. The van der Waals surface area contributed by atoms with Crippen molar-refractivity contribution in [1.82, 2.24) is 19.9 Å². The summed E-state index contributed by atoms with van der Waals surface area (Å²) in [5.74, 6) is 1.52. The maximum absolute atomic E-state index is 12.4. The van der Waals surface area contributed by atoms with Crippen molar-refractivity contribution in [3.63, 3.8) is 0 Å². The molecule has 0 aliphatic heterocycles. The number of rotatable bonds is 8. The molecule has 0 aliphatic rings. The SMILES string of the molecule is Cc1ccccc1OCCCn1c(CNC(=O)c2ccccn2)nc2ccccc21. The molecular weight excluding hydrogens is 376 g/mol. The van der Waals surface area contributed by atoms with E-state index in [1.54, 1.807) is 24.4 Å². The lowest BCUT2D eigenvalue weighted by molar-refractivity contribution is 0.0944. The lowest BCUT2D eigenvalue weighted by atomic mass is 10.2. The predicted octanol–water partition coefficient (Wildman–Crippen LogP) is 4.14. The molecule has 0 saturated heterocycles. The molecule has 0 aliphatic carbocycles. The van der Waals surface area contributed by atoms with E-state index < -0.39 is 0 Å². The fraction of sp³-hybridized carbons (Fsp3) is 0.208. The van der Waals surface area contributed by atoms with Crippen LogP contribution in [-0.4, -0.2) is 27.0 Å². The molecule has 2 heterocycles. The molecule has 4 aromatic rings. The van der Waals surface area contributed by atoms with Crippen molar-refractivity contribution in [3.05, 3.63) is 90.0 Å². The molecule has 0 atom stereocenters. The van der Waals surface area contributed by atoms with E-state index >= 15 is 0 Å². The highest BCUT2D eigenvalue weighted by Crippen LogP contribution is 2.18. The quantitative estimate of drug-likeness (QED) is 0.451. The van der Waals surface area contributed by atoms with Gasteiger partial charge in [0.1, 0.15) is 17.3 Å². The Morgan fingerprint density at radius 3 is 2.67 bits per heavy atom. The molecule has 0 bridgehead atoms. The van der Waals surface area contributed by atoms with Gasteiger partial charge in [0.25, 0.3) is 5.91 Å². The van der Waals surface area contributed by atoms with Gasteiger partial charge >= 0.3 is 0 Å². The van der Waals surface area contributed by atoms with Crippen LogP contribution in [0.25, 0.3) is 11.0 Å². The highest BCUT2D eigenvalue weighted by molar-refractivity contribution is 5.92. The van der Waals surface area contributed by atoms with Gasteiger partial charge in [-0.05, 0) is 49.2 Å². The Balaban J connectivity index is 1.43. The number of nitrogens with one attached hydrogen (secondary N) is 1. The van der Waals surface area contributed by atoms with Gasteiger partial charge in [-0.15, -0.1) is 0 Å². The molecule has 2 aromatic carbocycles. The minimum absolute atomic E-state index is 0.211. The van der Waals surface area contributed by atoms with E-state index in [-0.39, 0.29) is 5.91 Å². The minimum atomic E-state index is -0.211. The monoisotopic (exact) mass is 400 g/mol. The lowest BCUT2D eigenvalue weighted by Gasteiger charge is -2.12. The first-order valence-corrected chi connectivity index (χ1v) is 10.0. The number of aromatic nitrogens is 3. The number of carbonyl (C=O) groups excluding carboxylic acids is 1. The molecule has 0 unspecified atom stereocenters. The van der Waals surface area contributed by atoms with Gasteiger partial charge in [0.2, 0.25) is 0 Å². The molecule has 0 radical (unpaired) electrons. The highest BCUT2D eigenvalue weighted by Gasteiger charge is 2.13. The second kappa shape index (κ2) is 9.22. The molecule has 30 heavy (non-hydrogen) atoms. The van der Waals surface area contributed by atoms with Crippen LogP contribution in [0.3, 0.4) is 0 Å². The Bertz CT molecular complexity index is 1140. The van der Waals surface area contributed by atoms with E-state index in [9.17, 15) is 4.79 Å². The maximum atomic E-state index is 12.4. The Morgan fingerprint density at radius 2 is 1.83 bits per heavy atom. The Kier molecular flexibility index (Phi) is 6.03. The molecule has 0 fully saturated rings. The molecule has 152 valence electrons. The van der Waals surface area contributed by atoms with Crippen LogP contribution in [0.1, 0.15) is 28.3 Å². The van der Waals surface area contributed by atoms with Crippen LogP contribution in [0, 0.1) is 6.92 Å². The van der Waals surface area contributed by atoms with Crippen molar-refractivity contribution in [3.8, 4) is 5.75 Å². The third-order valence-electron chi connectivity index (χ3n) is 4.92. The largest absolute Gasteiger partial charge is 0.493 e. The van der Waals surface area contributed by atoms with E-state index in [4.69, 9.17) is 9.72 Å². The lowest BCUT2D eigenvalue weighted by Crippen LogP contribution is -2.25. The normalized spacial score (nSPS) is 10.8. The first-order valence-electron chi connectivity index (χ1n) is 10.0. The van der Waals surface area contributed by atoms with Crippen LogP contribution < -0.4 is 10.1 Å². The van der Waals surface area contributed by atoms with Crippen molar-refractivity contribution in [2.75, 3.05) is 6.61 Å². The van der Waals surface area contributed by atoms with E-state index in [2.05, 4.69) is 20.9 Å². The van der Waals surface area contributed by atoms with Crippen molar-refractivity contribution in [1.29, 1.82) is 0 Å². The van der Waals surface area contributed by atoms with Gasteiger partial charge in [-0.1, -0.05) is 36.4 Å². The Morgan fingerprint density at radius 1 is 1.03 bits per heavy atom. The highest BCUT2D eigenvalue weighted by atomic mass is 16.5. The standard InChI is InChI=1S/C24H24N4O2/c1-18-9-2-5-13-22(18)30-16-8-15-28-21-12-4-3-10-19(21)27-23(28)17-26-24(29)20-11-6-7-14-25-20/h2-7,9-14H,8,15-17H2,1H3,(H,26,29). The van der Waals surface area contributed by atoms with Gasteiger partial charge in [0, 0.05) is 12.7 Å². The van der Waals surface area contributed by atoms with Crippen LogP contribution in [0.2, 0.25) is 0 Å². The predicted molar refractivity (Wildman–Crippen MR) is 116 cm³/mol. The number of fused-ring (bicyclic) bond motifs is 1. The van der Waals surface area contributed by atoms with Crippen molar-refractivity contribution >= 4 is 16.9 Å². The molecule has 1 N–H and O–H groups in total. The number of hydrogen-bond donors (Lipinski definition) is 1. The van der Waals surface area contributed by atoms with Gasteiger partial charge in [-0.2, -0.15) is 0 Å². The molecule has 6 nitrogen and oxygen atoms in total. The summed E-state index contributed by atoms with van der Waals surface area (Å²) in [7, 11) is 0. The van der Waals surface area contributed by atoms with Crippen LogP contribution in [0.5, 0.6) is 5.75 Å². The second-order valence-corrected chi connectivity index (χ2v) is 7.03. The Labute approximate surface area is 175 Å². The first-order chi connectivity index (χ1) is 14.7. The summed E-state index contributed by atoms with van der Waals surface area (Å²) in [6.45, 7) is 3.74. The number of aryl methyl sites for hydroxylation is 2. The zero-order chi connectivity index (χ0) is 20.8. The van der Waals surface area contributed by atoms with Crippen LogP contribution >= 0.6 is 0 Å². The number of nitrogens with zero attached hydrogens (tertiary/aromatic N) is 3. The van der Waals surface area contributed by atoms with Crippen LogP contribution in [0.15, 0.2) is 72.9 Å².